The summed E-state index contributed by atoms with van der Waals surface area (Å²) in [6.45, 7) is 3.82. The largest absolute Gasteiger partial charge is 0.355 e. The van der Waals surface area contributed by atoms with Crippen molar-refractivity contribution in [2.75, 3.05) is 0 Å². The van der Waals surface area contributed by atoms with Crippen molar-refractivity contribution in [3.8, 4) is 22.7 Å². The number of nitrogens with zero attached hydrogens (tertiary/aromatic N) is 4. The van der Waals surface area contributed by atoms with Gasteiger partial charge in [-0.05, 0) is 30.2 Å². The third-order valence-corrected chi connectivity index (χ3v) is 4.46. The van der Waals surface area contributed by atoms with Crippen LogP contribution in [0.4, 0.5) is 4.39 Å². The van der Waals surface area contributed by atoms with E-state index in [0.29, 0.717) is 11.4 Å². The van der Waals surface area contributed by atoms with Crippen molar-refractivity contribution in [2.45, 2.75) is 19.9 Å². The van der Waals surface area contributed by atoms with Gasteiger partial charge < -0.3 is 14.4 Å². The Hall–Kier alpha value is -3.88. The summed E-state index contributed by atoms with van der Waals surface area (Å²) in [5.74, 6) is -0.211. The molecule has 30 heavy (non-hydrogen) atoms. The molecule has 4 aromatic rings. The molecule has 3 aromatic heterocycles. The first-order valence-electron chi connectivity index (χ1n) is 9.29. The van der Waals surface area contributed by atoms with Crippen LogP contribution in [0.25, 0.3) is 22.7 Å². The summed E-state index contributed by atoms with van der Waals surface area (Å²) in [6.07, 6.45) is 3.27. The van der Waals surface area contributed by atoms with Crippen molar-refractivity contribution >= 4 is 5.91 Å². The minimum atomic E-state index is -0.552. The van der Waals surface area contributed by atoms with Crippen LogP contribution >= 0.6 is 0 Å². The Labute approximate surface area is 171 Å². The number of aromatic nitrogens is 4. The first-order chi connectivity index (χ1) is 14.5. The van der Waals surface area contributed by atoms with Crippen LogP contribution < -0.4 is 5.32 Å². The maximum Gasteiger partial charge on any atom is 0.274 e. The standard InChI is InChI=1S/C21H18FN5O3/c1-12(2)18(21-25-19(27-30-21)13-6-5-9-23-11-13)24-20(28)16-10-17(29-26-16)14-7-3-4-8-15(14)22/h3-12,18H,1-2H3,(H,24,28). The first-order valence-corrected chi connectivity index (χ1v) is 9.29. The highest BCUT2D eigenvalue weighted by molar-refractivity contribution is 5.93. The van der Waals surface area contributed by atoms with Crippen molar-refractivity contribution in [2.24, 2.45) is 5.92 Å². The monoisotopic (exact) mass is 407 g/mol. The number of carbonyl (C=O) groups excluding carboxylic acids is 1. The van der Waals surface area contributed by atoms with Crippen molar-refractivity contribution in [1.82, 2.24) is 25.6 Å². The van der Waals surface area contributed by atoms with Gasteiger partial charge in [-0.25, -0.2) is 4.39 Å². The van der Waals surface area contributed by atoms with E-state index in [1.807, 2.05) is 19.9 Å². The topological polar surface area (TPSA) is 107 Å². The summed E-state index contributed by atoms with van der Waals surface area (Å²) < 4.78 is 24.5. The van der Waals surface area contributed by atoms with Gasteiger partial charge in [0, 0.05) is 24.0 Å². The average molecular weight is 407 g/mol. The van der Waals surface area contributed by atoms with E-state index in [4.69, 9.17) is 9.05 Å². The molecule has 0 aliphatic heterocycles. The number of nitrogens with one attached hydrogen (secondary N) is 1. The summed E-state index contributed by atoms with van der Waals surface area (Å²) in [5.41, 5.74) is 0.945. The van der Waals surface area contributed by atoms with Gasteiger partial charge in [0.25, 0.3) is 5.91 Å². The van der Waals surface area contributed by atoms with Crippen LogP contribution in [0.3, 0.4) is 0 Å². The van der Waals surface area contributed by atoms with Gasteiger partial charge in [-0.3, -0.25) is 9.78 Å². The highest BCUT2D eigenvalue weighted by Gasteiger charge is 2.27. The molecule has 9 heteroatoms. The summed E-state index contributed by atoms with van der Waals surface area (Å²) in [7, 11) is 0. The van der Waals surface area contributed by atoms with Crippen LogP contribution in [0.5, 0.6) is 0 Å². The second-order valence-corrected chi connectivity index (χ2v) is 6.95. The molecule has 1 N–H and O–H groups in total. The fourth-order valence-electron chi connectivity index (χ4n) is 2.87. The third kappa shape index (κ3) is 3.95. The highest BCUT2D eigenvalue weighted by Crippen LogP contribution is 2.26. The molecule has 0 aliphatic rings. The minimum absolute atomic E-state index is 0.0194. The minimum Gasteiger partial charge on any atom is -0.355 e. The molecule has 0 saturated carbocycles. The molecule has 3 heterocycles. The van der Waals surface area contributed by atoms with Gasteiger partial charge in [0.05, 0.1) is 5.56 Å². The number of hydrogen-bond donors (Lipinski definition) is 1. The highest BCUT2D eigenvalue weighted by atomic mass is 19.1. The Balaban J connectivity index is 1.54. The van der Waals surface area contributed by atoms with Crippen LogP contribution in [-0.2, 0) is 0 Å². The van der Waals surface area contributed by atoms with E-state index in [1.54, 1.807) is 36.7 Å². The molecule has 0 fully saturated rings. The van der Waals surface area contributed by atoms with Gasteiger partial charge in [-0.1, -0.05) is 36.3 Å². The van der Waals surface area contributed by atoms with E-state index in [1.165, 1.54) is 12.1 Å². The number of hydrogen-bond acceptors (Lipinski definition) is 7. The third-order valence-electron chi connectivity index (χ3n) is 4.46. The zero-order valence-corrected chi connectivity index (χ0v) is 16.2. The van der Waals surface area contributed by atoms with Gasteiger partial charge in [0.15, 0.2) is 11.5 Å². The van der Waals surface area contributed by atoms with Gasteiger partial charge in [0.2, 0.25) is 11.7 Å². The molecule has 1 unspecified atom stereocenters. The van der Waals surface area contributed by atoms with Crippen LogP contribution in [0.2, 0.25) is 0 Å². The van der Waals surface area contributed by atoms with E-state index < -0.39 is 17.8 Å². The summed E-state index contributed by atoms with van der Waals surface area (Å²) >= 11 is 0. The van der Waals surface area contributed by atoms with Crippen LogP contribution in [0.15, 0.2) is 63.9 Å². The molecule has 0 aliphatic carbocycles. The molecule has 0 radical (unpaired) electrons. The van der Waals surface area contributed by atoms with Crippen molar-refractivity contribution in [3.05, 3.63) is 72.3 Å². The van der Waals surface area contributed by atoms with E-state index in [2.05, 4.69) is 25.6 Å². The number of benzene rings is 1. The normalized spacial score (nSPS) is 12.1. The average Bonchev–Trinajstić information content (AvgIpc) is 3.43. The van der Waals surface area contributed by atoms with Crippen LogP contribution in [0.1, 0.15) is 36.3 Å². The van der Waals surface area contributed by atoms with E-state index in [0.717, 1.165) is 0 Å². The van der Waals surface area contributed by atoms with E-state index in [9.17, 15) is 9.18 Å². The van der Waals surface area contributed by atoms with Crippen molar-refractivity contribution < 1.29 is 18.2 Å². The Kier molecular flexibility index (Phi) is 5.34. The lowest BCUT2D eigenvalue weighted by Gasteiger charge is -2.17. The predicted molar refractivity (Wildman–Crippen MR) is 104 cm³/mol. The Morgan fingerprint density at radius 2 is 1.93 bits per heavy atom. The second kappa shape index (κ2) is 8.24. The molecule has 0 spiro atoms. The fraction of sp³-hybridized carbons (Fsp3) is 0.190. The lowest BCUT2D eigenvalue weighted by molar-refractivity contribution is 0.0904. The van der Waals surface area contributed by atoms with E-state index >= 15 is 0 Å². The predicted octanol–water partition coefficient (Wildman–Crippen LogP) is 4.05. The number of amides is 1. The van der Waals surface area contributed by atoms with Crippen LogP contribution in [-0.4, -0.2) is 26.2 Å². The number of carbonyl (C=O) groups is 1. The quantitative estimate of drug-likeness (QED) is 0.514. The molecule has 8 nitrogen and oxygen atoms in total. The molecule has 152 valence electrons. The molecular formula is C21H18FN5O3. The second-order valence-electron chi connectivity index (χ2n) is 6.95. The Morgan fingerprint density at radius 3 is 2.67 bits per heavy atom. The van der Waals surface area contributed by atoms with Gasteiger partial charge in [-0.15, -0.1) is 0 Å². The Bertz CT molecular complexity index is 1160. The number of halogens is 1. The van der Waals surface area contributed by atoms with Gasteiger partial charge >= 0.3 is 0 Å². The maximum absolute atomic E-state index is 13.9. The van der Waals surface area contributed by atoms with Crippen molar-refractivity contribution in [1.29, 1.82) is 0 Å². The molecule has 1 aromatic carbocycles. The zero-order chi connectivity index (χ0) is 21.1. The smallest absolute Gasteiger partial charge is 0.274 e. The molecule has 4 rings (SSSR count). The fourth-order valence-corrected chi connectivity index (χ4v) is 2.87. The summed E-state index contributed by atoms with van der Waals surface area (Å²) in [4.78, 5) is 21.1. The van der Waals surface area contributed by atoms with Gasteiger partial charge in [-0.2, -0.15) is 4.98 Å². The van der Waals surface area contributed by atoms with Gasteiger partial charge in [0.1, 0.15) is 11.9 Å². The zero-order valence-electron chi connectivity index (χ0n) is 16.2. The van der Waals surface area contributed by atoms with Crippen LogP contribution in [0, 0.1) is 11.7 Å². The molecule has 0 bridgehead atoms. The summed E-state index contributed by atoms with van der Waals surface area (Å²) in [6, 6.07) is 10.5. The SMILES string of the molecule is CC(C)C(NC(=O)c1cc(-c2ccccc2F)on1)c1nc(-c2cccnc2)no1. The molecular weight excluding hydrogens is 389 g/mol. The van der Waals surface area contributed by atoms with Crippen molar-refractivity contribution in [3.63, 3.8) is 0 Å². The number of pyridine rings is 1. The Morgan fingerprint density at radius 1 is 1.10 bits per heavy atom. The van der Waals surface area contributed by atoms with E-state index in [-0.39, 0.29) is 28.8 Å². The molecule has 0 saturated heterocycles. The first kappa shape index (κ1) is 19.4. The number of rotatable bonds is 6. The lowest BCUT2D eigenvalue weighted by atomic mass is 10.0. The molecule has 1 atom stereocenters. The maximum atomic E-state index is 13.9. The lowest BCUT2D eigenvalue weighted by Crippen LogP contribution is -2.32. The summed E-state index contributed by atoms with van der Waals surface area (Å²) in [5, 5.41) is 10.6. The molecule has 1 amide bonds.